The van der Waals surface area contributed by atoms with Gasteiger partial charge in [0.05, 0.1) is 4.90 Å². The van der Waals surface area contributed by atoms with E-state index >= 15 is 0 Å². The first-order chi connectivity index (χ1) is 7.64. The van der Waals surface area contributed by atoms with Gasteiger partial charge in [0.25, 0.3) is 0 Å². The largest absolute Gasteiger partial charge is 0.480 e. The summed E-state index contributed by atoms with van der Waals surface area (Å²) in [6.07, 6.45) is 1.11. The molecule has 0 bridgehead atoms. The molecule has 0 radical (unpaired) electrons. The SMILES string of the molecule is CC(C)(Sc1ccccc1S(C)(=O)=O)C(=O)O. The van der Waals surface area contributed by atoms with Crippen LogP contribution in [0.3, 0.4) is 0 Å². The summed E-state index contributed by atoms with van der Waals surface area (Å²) in [6.45, 7) is 3.08. The molecule has 1 aromatic carbocycles. The predicted octanol–water partition coefficient (Wildman–Crippen LogP) is 2.05. The summed E-state index contributed by atoms with van der Waals surface area (Å²) in [5.74, 6) is -0.981. The van der Waals surface area contributed by atoms with Crippen LogP contribution in [0.15, 0.2) is 34.1 Å². The minimum absolute atomic E-state index is 0.166. The number of rotatable bonds is 4. The molecule has 94 valence electrons. The quantitative estimate of drug-likeness (QED) is 0.851. The highest BCUT2D eigenvalue weighted by molar-refractivity contribution is 8.02. The lowest BCUT2D eigenvalue weighted by atomic mass is 10.2. The van der Waals surface area contributed by atoms with E-state index in [-0.39, 0.29) is 4.90 Å². The molecule has 0 aliphatic rings. The van der Waals surface area contributed by atoms with Gasteiger partial charge in [-0.2, -0.15) is 0 Å². The van der Waals surface area contributed by atoms with Crippen molar-refractivity contribution in [3.8, 4) is 0 Å². The Hall–Kier alpha value is -1.01. The normalized spacial score (nSPS) is 12.4. The fourth-order valence-corrected chi connectivity index (χ4v) is 3.45. The van der Waals surface area contributed by atoms with E-state index in [1.165, 1.54) is 6.07 Å². The summed E-state index contributed by atoms with van der Waals surface area (Å²) in [5.41, 5.74) is 0. The Labute approximate surface area is 105 Å². The molecule has 1 rings (SSSR count). The van der Waals surface area contributed by atoms with Gasteiger partial charge in [-0.25, -0.2) is 8.42 Å². The van der Waals surface area contributed by atoms with Crippen LogP contribution in [0.4, 0.5) is 0 Å². The second-order valence-corrected chi connectivity index (χ2v) is 7.79. The molecule has 0 fully saturated rings. The lowest BCUT2D eigenvalue weighted by Crippen LogP contribution is -2.27. The van der Waals surface area contributed by atoms with Crippen molar-refractivity contribution in [1.82, 2.24) is 0 Å². The Morgan fingerprint density at radius 3 is 2.29 bits per heavy atom. The molecule has 0 aliphatic carbocycles. The zero-order valence-corrected chi connectivity index (χ0v) is 11.4. The second kappa shape index (κ2) is 4.70. The zero-order valence-electron chi connectivity index (χ0n) is 9.80. The molecule has 0 spiro atoms. The lowest BCUT2D eigenvalue weighted by molar-refractivity contribution is -0.138. The molecular weight excluding hydrogens is 260 g/mol. The van der Waals surface area contributed by atoms with Crippen LogP contribution in [0.2, 0.25) is 0 Å². The third-order valence-corrected chi connectivity index (χ3v) is 4.67. The summed E-state index contributed by atoms with van der Waals surface area (Å²) in [4.78, 5) is 11.6. The number of carbonyl (C=O) groups is 1. The van der Waals surface area contributed by atoms with Gasteiger partial charge in [-0.15, -0.1) is 11.8 Å². The standard InChI is InChI=1S/C11H14O4S2/c1-11(2,10(12)13)16-8-6-4-5-7-9(8)17(3,14)15/h4-7H,1-3H3,(H,12,13). The van der Waals surface area contributed by atoms with Gasteiger partial charge in [0.1, 0.15) is 4.75 Å². The van der Waals surface area contributed by atoms with E-state index in [4.69, 9.17) is 5.11 Å². The molecule has 0 saturated carbocycles. The molecule has 0 saturated heterocycles. The van der Waals surface area contributed by atoms with Crippen molar-refractivity contribution in [3.63, 3.8) is 0 Å². The number of hydrogen-bond acceptors (Lipinski definition) is 4. The average molecular weight is 274 g/mol. The van der Waals surface area contributed by atoms with Crippen molar-refractivity contribution >= 4 is 27.6 Å². The van der Waals surface area contributed by atoms with E-state index in [0.29, 0.717) is 4.90 Å². The maximum atomic E-state index is 11.5. The number of aliphatic carboxylic acids is 1. The highest BCUT2D eigenvalue weighted by atomic mass is 32.2. The summed E-state index contributed by atoms with van der Waals surface area (Å²) < 4.78 is 22.0. The van der Waals surface area contributed by atoms with E-state index < -0.39 is 20.6 Å². The number of carboxylic acid groups (broad SMARTS) is 1. The summed E-state index contributed by atoms with van der Waals surface area (Å²) in [5, 5.41) is 9.03. The van der Waals surface area contributed by atoms with Crippen molar-refractivity contribution in [3.05, 3.63) is 24.3 Å². The zero-order chi connectivity index (χ0) is 13.3. The van der Waals surface area contributed by atoms with Crippen molar-refractivity contribution in [2.45, 2.75) is 28.4 Å². The van der Waals surface area contributed by atoms with Crippen LogP contribution >= 0.6 is 11.8 Å². The summed E-state index contributed by atoms with van der Waals surface area (Å²) in [7, 11) is -3.35. The Bertz CT molecular complexity index is 532. The first-order valence-corrected chi connectivity index (χ1v) is 7.57. The van der Waals surface area contributed by atoms with E-state index in [2.05, 4.69) is 0 Å². The maximum absolute atomic E-state index is 11.5. The molecule has 0 aliphatic heterocycles. The summed E-state index contributed by atoms with van der Waals surface area (Å²) >= 11 is 1.03. The van der Waals surface area contributed by atoms with E-state index in [1.54, 1.807) is 32.0 Å². The molecule has 1 aromatic rings. The highest BCUT2D eigenvalue weighted by Gasteiger charge is 2.30. The van der Waals surface area contributed by atoms with Crippen molar-refractivity contribution in [2.75, 3.05) is 6.26 Å². The Kier molecular flexibility index (Phi) is 3.88. The average Bonchev–Trinajstić information content (AvgIpc) is 2.15. The fraction of sp³-hybridized carbons (Fsp3) is 0.364. The number of thioether (sulfide) groups is 1. The van der Waals surface area contributed by atoms with Gasteiger partial charge < -0.3 is 5.11 Å². The topological polar surface area (TPSA) is 71.4 Å². The number of carboxylic acids is 1. The molecule has 0 amide bonds. The van der Waals surface area contributed by atoms with Crippen LogP contribution in [0.25, 0.3) is 0 Å². The predicted molar refractivity (Wildman–Crippen MR) is 67.1 cm³/mol. The van der Waals surface area contributed by atoms with Crippen LogP contribution < -0.4 is 0 Å². The number of benzene rings is 1. The Morgan fingerprint density at radius 1 is 1.29 bits per heavy atom. The van der Waals surface area contributed by atoms with Crippen molar-refractivity contribution < 1.29 is 18.3 Å². The van der Waals surface area contributed by atoms with Crippen LogP contribution in [-0.2, 0) is 14.6 Å². The summed E-state index contributed by atoms with van der Waals surface area (Å²) in [6, 6.07) is 6.41. The smallest absolute Gasteiger partial charge is 0.319 e. The van der Waals surface area contributed by atoms with Gasteiger partial charge in [0.15, 0.2) is 9.84 Å². The molecule has 6 heteroatoms. The van der Waals surface area contributed by atoms with Gasteiger partial charge in [0, 0.05) is 11.2 Å². The lowest BCUT2D eigenvalue weighted by Gasteiger charge is -2.19. The minimum Gasteiger partial charge on any atom is -0.480 e. The third kappa shape index (κ3) is 3.47. The van der Waals surface area contributed by atoms with Gasteiger partial charge in [-0.3, -0.25) is 4.79 Å². The Balaban J connectivity index is 3.21. The number of hydrogen-bond donors (Lipinski definition) is 1. The van der Waals surface area contributed by atoms with Crippen LogP contribution in [0, 0.1) is 0 Å². The molecule has 0 unspecified atom stereocenters. The van der Waals surface area contributed by atoms with E-state index in [0.717, 1.165) is 18.0 Å². The first-order valence-electron chi connectivity index (χ1n) is 4.86. The highest BCUT2D eigenvalue weighted by Crippen LogP contribution is 2.36. The number of sulfone groups is 1. The molecule has 0 aromatic heterocycles. The second-order valence-electron chi connectivity index (χ2n) is 4.14. The van der Waals surface area contributed by atoms with Crippen LogP contribution in [0.5, 0.6) is 0 Å². The molecule has 17 heavy (non-hydrogen) atoms. The maximum Gasteiger partial charge on any atom is 0.319 e. The van der Waals surface area contributed by atoms with Gasteiger partial charge in [0.2, 0.25) is 0 Å². The molecule has 0 atom stereocenters. The van der Waals surface area contributed by atoms with Crippen LogP contribution in [-0.4, -0.2) is 30.5 Å². The minimum atomic E-state index is -3.35. The monoisotopic (exact) mass is 274 g/mol. The third-order valence-electron chi connectivity index (χ3n) is 2.13. The molecular formula is C11H14O4S2. The molecule has 1 N–H and O–H groups in total. The molecule has 4 nitrogen and oxygen atoms in total. The van der Waals surface area contributed by atoms with Crippen LogP contribution in [0.1, 0.15) is 13.8 Å². The van der Waals surface area contributed by atoms with Crippen molar-refractivity contribution in [1.29, 1.82) is 0 Å². The fourth-order valence-electron chi connectivity index (χ4n) is 1.16. The van der Waals surface area contributed by atoms with E-state index in [1.807, 2.05) is 0 Å². The Morgan fingerprint density at radius 2 is 1.82 bits per heavy atom. The molecule has 0 heterocycles. The van der Waals surface area contributed by atoms with Crippen molar-refractivity contribution in [2.24, 2.45) is 0 Å². The van der Waals surface area contributed by atoms with Gasteiger partial charge in [-0.1, -0.05) is 12.1 Å². The van der Waals surface area contributed by atoms with Gasteiger partial charge in [-0.05, 0) is 26.0 Å². The van der Waals surface area contributed by atoms with E-state index in [9.17, 15) is 13.2 Å². The van der Waals surface area contributed by atoms with Gasteiger partial charge >= 0.3 is 5.97 Å². The first kappa shape index (κ1) is 14.1.